The van der Waals surface area contributed by atoms with Gasteiger partial charge >= 0.3 is 0 Å². The number of hydrogen-bond donors (Lipinski definition) is 1. The summed E-state index contributed by atoms with van der Waals surface area (Å²) < 4.78 is 0. The van der Waals surface area contributed by atoms with E-state index in [4.69, 9.17) is 0 Å². The van der Waals surface area contributed by atoms with Crippen molar-refractivity contribution in [3.05, 3.63) is 0 Å². The molecule has 0 aromatic heterocycles. The minimum absolute atomic E-state index is 0.779. The Morgan fingerprint density at radius 3 is 2.50 bits per heavy atom. The zero-order chi connectivity index (χ0) is 13.4. The minimum Gasteiger partial charge on any atom is -0.303 e. The Bertz CT molecular complexity index is 324. The predicted octanol–water partition coefficient (Wildman–Crippen LogP) is 2.63. The van der Waals surface area contributed by atoms with Crippen LogP contribution in [0.1, 0.15) is 57.8 Å². The third-order valence-corrected chi connectivity index (χ3v) is 6.02. The van der Waals surface area contributed by atoms with E-state index < -0.39 is 0 Å². The second-order valence-corrected chi connectivity index (χ2v) is 7.84. The number of hydrazine groups is 1. The van der Waals surface area contributed by atoms with Crippen LogP contribution in [0.3, 0.4) is 0 Å². The van der Waals surface area contributed by atoms with Crippen LogP contribution in [0.25, 0.3) is 0 Å². The Balaban J connectivity index is 1.22. The summed E-state index contributed by atoms with van der Waals surface area (Å²) in [7, 11) is 0. The molecule has 2 atom stereocenters. The number of nitrogens with one attached hydrogen (secondary N) is 1. The summed E-state index contributed by atoms with van der Waals surface area (Å²) >= 11 is 0. The van der Waals surface area contributed by atoms with Crippen LogP contribution in [0.15, 0.2) is 0 Å². The molecule has 0 aromatic rings. The van der Waals surface area contributed by atoms with Crippen molar-refractivity contribution in [2.75, 3.05) is 26.2 Å². The van der Waals surface area contributed by atoms with E-state index in [0.29, 0.717) is 0 Å². The molecule has 2 saturated heterocycles. The quantitative estimate of drug-likeness (QED) is 0.833. The lowest BCUT2D eigenvalue weighted by atomic mass is 9.90. The van der Waals surface area contributed by atoms with Gasteiger partial charge in [0.05, 0.1) is 0 Å². The molecule has 2 heterocycles. The van der Waals surface area contributed by atoms with Gasteiger partial charge in [0.2, 0.25) is 0 Å². The van der Waals surface area contributed by atoms with Gasteiger partial charge in [0, 0.05) is 31.7 Å². The molecule has 2 aliphatic carbocycles. The summed E-state index contributed by atoms with van der Waals surface area (Å²) in [6.07, 6.45) is 13.0. The average Bonchev–Trinajstić information content (AvgIpc) is 3.08. The normalized spacial score (nSPS) is 37.2. The third kappa shape index (κ3) is 3.20. The molecule has 4 aliphatic rings. The predicted molar refractivity (Wildman–Crippen MR) is 82.4 cm³/mol. The van der Waals surface area contributed by atoms with Gasteiger partial charge in [-0.2, -0.15) is 0 Å². The Kier molecular flexibility index (Phi) is 4.02. The van der Waals surface area contributed by atoms with E-state index in [-0.39, 0.29) is 0 Å². The first-order valence-corrected chi connectivity index (χ1v) is 9.12. The fourth-order valence-electron chi connectivity index (χ4n) is 4.39. The molecule has 3 nitrogen and oxygen atoms in total. The van der Waals surface area contributed by atoms with Gasteiger partial charge in [-0.25, -0.2) is 5.01 Å². The minimum atomic E-state index is 0.779. The molecule has 3 heteroatoms. The first-order chi connectivity index (χ1) is 9.87. The summed E-state index contributed by atoms with van der Waals surface area (Å²) in [5, 5.41) is 2.57. The number of piperidine rings is 1. The molecule has 0 amide bonds. The Hall–Kier alpha value is -0.120. The van der Waals surface area contributed by atoms with E-state index in [1.54, 1.807) is 0 Å². The van der Waals surface area contributed by atoms with Gasteiger partial charge in [0.1, 0.15) is 0 Å². The maximum Gasteiger partial charge on any atom is 0.0243 e. The van der Waals surface area contributed by atoms with E-state index in [0.717, 1.165) is 23.9 Å². The van der Waals surface area contributed by atoms with Gasteiger partial charge in [-0.05, 0) is 69.7 Å². The van der Waals surface area contributed by atoms with Crippen LogP contribution < -0.4 is 5.43 Å². The van der Waals surface area contributed by atoms with Crippen LogP contribution in [0.4, 0.5) is 0 Å². The molecule has 4 fully saturated rings. The lowest BCUT2D eigenvalue weighted by Crippen LogP contribution is -2.47. The van der Waals surface area contributed by atoms with Crippen LogP contribution in [-0.2, 0) is 0 Å². The average molecular weight is 277 g/mol. The molecule has 2 aliphatic heterocycles. The lowest BCUT2D eigenvalue weighted by molar-refractivity contribution is 0.0926. The molecule has 20 heavy (non-hydrogen) atoms. The Morgan fingerprint density at radius 2 is 1.75 bits per heavy atom. The first-order valence-electron chi connectivity index (χ1n) is 9.12. The van der Waals surface area contributed by atoms with Crippen molar-refractivity contribution < 1.29 is 0 Å². The van der Waals surface area contributed by atoms with Crippen molar-refractivity contribution in [3.63, 3.8) is 0 Å². The van der Waals surface area contributed by atoms with Gasteiger partial charge in [-0.3, -0.25) is 5.43 Å². The second kappa shape index (κ2) is 5.94. The second-order valence-electron chi connectivity index (χ2n) is 7.84. The van der Waals surface area contributed by atoms with E-state index in [1.807, 2.05) is 0 Å². The van der Waals surface area contributed by atoms with Gasteiger partial charge in [0.25, 0.3) is 0 Å². The van der Waals surface area contributed by atoms with E-state index in [1.165, 1.54) is 84.0 Å². The highest BCUT2D eigenvalue weighted by Crippen LogP contribution is 2.32. The Morgan fingerprint density at radius 1 is 0.850 bits per heavy atom. The van der Waals surface area contributed by atoms with Crippen molar-refractivity contribution in [2.45, 2.75) is 69.9 Å². The first kappa shape index (κ1) is 13.5. The van der Waals surface area contributed by atoms with Crippen LogP contribution in [0.2, 0.25) is 0 Å². The van der Waals surface area contributed by atoms with Crippen LogP contribution in [0, 0.1) is 11.8 Å². The maximum atomic E-state index is 3.82. The summed E-state index contributed by atoms with van der Waals surface area (Å²) in [5.41, 5.74) is 3.82. The van der Waals surface area contributed by atoms with Gasteiger partial charge in [-0.15, -0.1) is 0 Å². The van der Waals surface area contributed by atoms with Crippen LogP contribution in [0.5, 0.6) is 0 Å². The monoisotopic (exact) mass is 277 g/mol. The fourth-order valence-corrected chi connectivity index (χ4v) is 4.39. The molecule has 0 bridgehead atoms. The zero-order valence-corrected chi connectivity index (χ0v) is 12.9. The molecule has 114 valence electrons. The van der Waals surface area contributed by atoms with Crippen molar-refractivity contribution in [1.82, 2.24) is 15.3 Å². The summed E-state index contributed by atoms with van der Waals surface area (Å²) in [6, 6.07) is 1.65. The molecular formula is C17H31N3. The zero-order valence-electron chi connectivity index (χ0n) is 12.9. The smallest absolute Gasteiger partial charge is 0.0243 e. The molecule has 0 spiro atoms. The van der Waals surface area contributed by atoms with E-state index in [2.05, 4.69) is 15.3 Å². The summed E-state index contributed by atoms with van der Waals surface area (Å²) in [5.74, 6) is 2.02. The standard InChI is InChI=1S/C17H31N3/c1-4-17(5-1)20-10-8-16(18-20)11-15-3-2-9-19(13-15)12-14-6-7-14/h14-18H,1-13H2. The molecule has 1 N–H and O–H groups in total. The molecule has 0 radical (unpaired) electrons. The number of rotatable bonds is 5. The number of hydrogen-bond acceptors (Lipinski definition) is 3. The largest absolute Gasteiger partial charge is 0.303 e. The van der Waals surface area contributed by atoms with Crippen molar-refractivity contribution >= 4 is 0 Å². The number of nitrogens with zero attached hydrogens (tertiary/aromatic N) is 2. The molecule has 4 rings (SSSR count). The SMILES string of the molecule is C1CC(N2CCC(CC3CCCN(CC4CC4)C3)N2)C1. The van der Waals surface area contributed by atoms with E-state index >= 15 is 0 Å². The Labute approximate surface area is 124 Å². The topological polar surface area (TPSA) is 18.5 Å². The molecular weight excluding hydrogens is 246 g/mol. The van der Waals surface area contributed by atoms with Crippen molar-refractivity contribution in [1.29, 1.82) is 0 Å². The third-order valence-electron chi connectivity index (χ3n) is 6.02. The number of likely N-dealkylation sites (tertiary alicyclic amines) is 1. The highest BCUT2D eigenvalue weighted by atomic mass is 15.6. The highest BCUT2D eigenvalue weighted by Gasteiger charge is 2.33. The van der Waals surface area contributed by atoms with Crippen LogP contribution in [-0.4, -0.2) is 48.2 Å². The van der Waals surface area contributed by atoms with Crippen LogP contribution >= 0.6 is 0 Å². The van der Waals surface area contributed by atoms with Crippen molar-refractivity contribution in [2.24, 2.45) is 11.8 Å². The van der Waals surface area contributed by atoms with Gasteiger partial charge < -0.3 is 4.90 Å². The fraction of sp³-hybridized carbons (Fsp3) is 1.00. The van der Waals surface area contributed by atoms with Gasteiger partial charge in [-0.1, -0.05) is 6.42 Å². The summed E-state index contributed by atoms with van der Waals surface area (Å²) in [6.45, 7) is 5.47. The molecule has 0 aromatic carbocycles. The van der Waals surface area contributed by atoms with Crippen molar-refractivity contribution in [3.8, 4) is 0 Å². The summed E-state index contributed by atoms with van der Waals surface area (Å²) in [4.78, 5) is 2.77. The van der Waals surface area contributed by atoms with Gasteiger partial charge in [0.15, 0.2) is 0 Å². The highest BCUT2D eigenvalue weighted by molar-refractivity contribution is 4.87. The lowest BCUT2D eigenvalue weighted by Gasteiger charge is -2.36. The maximum absolute atomic E-state index is 3.82. The van der Waals surface area contributed by atoms with E-state index in [9.17, 15) is 0 Å². The molecule has 2 unspecified atom stereocenters. The molecule has 2 saturated carbocycles.